The fraction of sp³-hybridized carbons (Fsp3) is 0.259. The van der Waals surface area contributed by atoms with E-state index < -0.39 is 21.6 Å². The van der Waals surface area contributed by atoms with Gasteiger partial charge >= 0.3 is 0 Å². The molecule has 0 bridgehead atoms. The predicted octanol–water partition coefficient (Wildman–Crippen LogP) is 4.88. The maximum absolute atomic E-state index is 13.6. The first-order valence-electron chi connectivity index (χ1n) is 11.7. The molecule has 1 fully saturated rings. The summed E-state index contributed by atoms with van der Waals surface area (Å²) in [6.45, 7) is 0.0175. The number of nitrogens with zero attached hydrogens (tertiary/aromatic N) is 1. The molecule has 1 heterocycles. The number of halogens is 1. The normalized spacial score (nSPS) is 17.3. The van der Waals surface area contributed by atoms with Crippen LogP contribution in [0.25, 0.3) is 0 Å². The number of fused-ring (bicyclic) bond motifs is 2. The minimum atomic E-state index is -4.03. The van der Waals surface area contributed by atoms with Gasteiger partial charge in [-0.2, -0.15) is 0 Å². The van der Waals surface area contributed by atoms with Gasteiger partial charge in [0.2, 0.25) is 9.84 Å². The van der Waals surface area contributed by atoms with Crippen molar-refractivity contribution in [2.45, 2.75) is 54.5 Å². The SMILES string of the molecule is O=C(NC1CCCCC1)c1ccc2c(c1)N(Cc1ccc(F)cc1)C(=O)c1ccccc1S2(=O)=O. The minimum Gasteiger partial charge on any atom is -0.349 e. The van der Waals surface area contributed by atoms with Crippen molar-refractivity contribution < 1.29 is 22.4 Å². The lowest BCUT2D eigenvalue weighted by atomic mass is 9.95. The summed E-state index contributed by atoms with van der Waals surface area (Å²) in [5.41, 5.74) is 1.10. The second kappa shape index (κ2) is 9.26. The molecule has 3 aromatic carbocycles. The van der Waals surface area contributed by atoms with Crippen molar-refractivity contribution >= 4 is 27.3 Å². The number of hydrogen-bond donors (Lipinski definition) is 1. The first kappa shape index (κ1) is 23.2. The van der Waals surface area contributed by atoms with E-state index in [1.165, 1.54) is 47.4 Å². The molecule has 1 aliphatic heterocycles. The molecular weight excluding hydrogens is 467 g/mol. The maximum atomic E-state index is 13.6. The van der Waals surface area contributed by atoms with Crippen LogP contribution in [0.5, 0.6) is 0 Å². The van der Waals surface area contributed by atoms with Gasteiger partial charge < -0.3 is 10.2 Å². The number of carbonyl (C=O) groups is 2. The molecule has 1 N–H and O–H groups in total. The van der Waals surface area contributed by atoms with Gasteiger partial charge in [-0.15, -0.1) is 0 Å². The van der Waals surface area contributed by atoms with Crippen LogP contribution < -0.4 is 10.2 Å². The Kier molecular flexibility index (Phi) is 6.15. The van der Waals surface area contributed by atoms with Crippen LogP contribution in [0, 0.1) is 5.82 Å². The first-order chi connectivity index (χ1) is 16.8. The molecule has 0 spiro atoms. The van der Waals surface area contributed by atoms with Crippen molar-refractivity contribution in [3.8, 4) is 0 Å². The topological polar surface area (TPSA) is 83.6 Å². The van der Waals surface area contributed by atoms with Crippen LogP contribution in [0.15, 0.2) is 76.5 Å². The van der Waals surface area contributed by atoms with E-state index in [0.717, 1.165) is 32.1 Å². The molecule has 1 saturated carbocycles. The van der Waals surface area contributed by atoms with Crippen molar-refractivity contribution in [3.63, 3.8) is 0 Å². The van der Waals surface area contributed by atoms with Crippen LogP contribution in [-0.2, 0) is 16.4 Å². The molecular formula is C27H25FN2O4S. The molecule has 2 aliphatic rings. The van der Waals surface area contributed by atoms with Crippen molar-refractivity contribution in [1.82, 2.24) is 5.32 Å². The largest absolute Gasteiger partial charge is 0.349 e. The molecule has 180 valence electrons. The standard InChI is InChI=1S/C27H25FN2O4S/c28-20-13-10-18(11-14-20)17-30-23-16-19(26(31)29-21-6-2-1-3-7-21)12-15-25(23)35(33,34)24-9-5-4-8-22(24)27(30)32/h4-5,8-16,21H,1-3,6-7,17H2,(H,29,31). The highest BCUT2D eigenvalue weighted by Crippen LogP contribution is 2.38. The third-order valence-corrected chi connectivity index (χ3v) is 8.51. The molecule has 5 rings (SSSR count). The summed E-state index contributed by atoms with van der Waals surface area (Å²) in [7, 11) is -4.03. The van der Waals surface area contributed by atoms with Crippen molar-refractivity contribution in [2.24, 2.45) is 0 Å². The number of nitrogens with one attached hydrogen (secondary N) is 1. The highest BCUT2D eigenvalue weighted by molar-refractivity contribution is 7.91. The van der Waals surface area contributed by atoms with E-state index >= 15 is 0 Å². The Labute approximate surface area is 203 Å². The number of rotatable bonds is 4. The number of anilines is 1. The number of sulfone groups is 1. The molecule has 0 atom stereocenters. The van der Waals surface area contributed by atoms with Crippen LogP contribution in [0.3, 0.4) is 0 Å². The van der Waals surface area contributed by atoms with Gasteiger partial charge in [-0.05, 0) is 60.9 Å². The Morgan fingerprint density at radius 1 is 0.943 bits per heavy atom. The lowest BCUT2D eigenvalue weighted by Crippen LogP contribution is -2.36. The summed E-state index contributed by atoms with van der Waals surface area (Å²) in [6.07, 6.45) is 5.10. The van der Waals surface area contributed by atoms with Crippen LogP contribution in [0.2, 0.25) is 0 Å². The zero-order chi connectivity index (χ0) is 24.6. The second-order valence-corrected chi connectivity index (χ2v) is 10.9. The van der Waals surface area contributed by atoms with Crippen molar-refractivity contribution in [2.75, 3.05) is 4.90 Å². The van der Waals surface area contributed by atoms with E-state index in [1.54, 1.807) is 24.3 Å². The van der Waals surface area contributed by atoms with Gasteiger partial charge in [0, 0.05) is 11.6 Å². The second-order valence-electron chi connectivity index (χ2n) is 9.01. The molecule has 1 aliphatic carbocycles. The lowest BCUT2D eigenvalue weighted by molar-refractivity contribution is 0.0925. The number of amides is 2. The van der Waals surface area contributed by atoms with Crippen LogP contribution >= 0.6 is 0 Å². The van der Waals surface area contributed by atoms with Crippen LogP contribution in [0.1, 0.15) is 58.4 Å². The fourth-order valence-corrected chi connectivity index (χ4v) is 6.42. The highest BCUT2D eigenvalue weighted by atomic mass is 32.2. The zero-order valence-electron chi connectivity index (χ0n) is 19.0. The van der Waals surface area contributed by atoms with Crippen molar-refractivity contribution in [3.05, 3.63) is 89.2 Å². The smallest absolute Gasteiger partial charge is 0.259 e. The number of hydrogen-bond acceptors (Lipinski definition) is 4. The minimum absolute atomic E-state index is 0.0175. The Morgan fingerprint density at radius 2 is 1.66 bits per heavy atom. The van der Waals surface area contributed by atoms with Gasteiger partial charge in [0.15, 0.2) is 0 Å². The fourth-order valence-electron chi connectivity index (χ4n) is 4.79. The van der Waals surface area contributed by atoms with Gasteiger partial charge in [0.05, 0.1) is 27.6 Å². The van der Waals surface area contributed by atoms with E-state index in [2.05, 4.69) is 5.32 Å². The molecule has 3 aromatic rings. The summed E-state index contributed by atoms with van der Waals surface area (Å²) >= 11 is 0. The third kappa shape index (κ3) is 4.46. The quantitative estimate of drug-likeness (QED) is 0.563. The monoisotopic (exact) mass is 492 g/mol. The third-order valence-electron chi connectivity index (χ3n) is 6.65. The summed E-state index contributed by atoms with van der Waals surface area (Å²) < 4.78 is 40.6. The van der Waals surface area contributed by atoms with E-state index in [-0.39, 0.29) is 45.1 Å². The summed E-state index contributed by atoms with van der Waals surface area (Å²) in [5.74, 6) is -1.21. The predicted molar refractivity (Wildman–Crippen MR) is 130 cm³/mol. The van der Waals surface area contributed by atoms with E-state index in [4.69, 9.17) is 0 Å². The van der Waals surface area contributed by atoms with Gasteiger partial charge in [-0.25, -0.2) is 12.8 Å². The average Bonchev–Trinajstić information content (AvgIpc) is 2.94. The van der Waals surface area contributed by atoms with Gasteiger partial charge in [0.1, 0.15) is 5.82 Å². The van der Waals surface area contributed by atoms with Gasteiger partial charge in [-0.1, -0.05) is 43.5 Å². The van der Waals surface area contributed by atoms with E-state index in [9.17, 15) is 22.4 Å². The molecule has 8 heteroatoms. The van der Waals surface area contributed by atoms with Crippen molar-refractivity contribution in [1.29, 1.82) is 0 Å². The zero-order valence-corrected chi connectivity index (χ0v) is 19.9. The lowest BCUT2D eigenvalue weighted by Gasteiger charge is -2.25. The Bertz CT molecular complexity index is 1400. The molecule has 0 aromatic heterocycles. The molecule has 0 radical (unpaired) electrons. The Hall–Kier alpha value is -3.52. The first-order valence-corrected chi connectivity index (χ1v) is 13.2. The van der Waals surface area contributed by atoms with Gasteiger partial charge in [0.25, 0.3) is 11.8 Å². The Morgan fingerprint density at radius 3 is 2.40 bits per heavy atom. The summed E-state index contributed by atoms with van der Waals surface area (Å²) in [6, 6.07) is 16.2. The Balaban J connectivity index is 1.61. The van der Waals surface area contributed by atoms with Gasteiger partial charge in [-0.3, -0.25) is 9.59 Å². The summed E-state index contributed by atoms with van der Waals surface area (Å²) in [5, 5.41) is 3.04. The average molecular weight is 493 g/mol. The number of benzene rings is 3. The highest BCUT2D eigenvalue weighted by Gasteiger charge is 2.36. The summed E-state index contributed by atoms with van der Waals surface area (Å²) in [4.78, 5) is 27.9. The molecule has 0 unspecified atom stereocenters. The van der Waals surface area contributed by atoms with E-state index in [1.807, 2.05) is 0 Å². The van der Waals surface area contributed by atoms with Crippen LogP contribution in [0.4, 0.5) is 10.1 Å². The molecule has 35 heavy (non-hydrogen) atoms. The molecule has 2 amide bonds. The maximum Gasteiger partial charge on any atom is 0.259 e. The van der Waals surface area contributed by atoms with Crippen LogP contribution in [-0.4, -0.2) is 26.3 Å². The molecule has 6 nitrogen and oxygen atoms in total. The number of carbonyl (C=O) groups excluding carboxylic acids is 2. The molecule has 0 saturated heterocycles. The van der Waals surface area contributed by atoms with E-state index in [0.29, 0.717) is 5.56 Å².